The van der Waals surface area contributed by atoms with Crippen molar-refractivity contribution < 1.29 is 38.1 Å². The molecule has 0 aromatic heterocycles. The Morgan fingerprint density at radius 2 is 0.962 bits per heavy atom. The van der Waals surface area contributed by atoms with Crippen molar-refractivity contribution in [2.75, 3.05) is 0 Å². The molecule has 2 aromatic rings. The number of rotatable bonds is 16. The van der Waals surface area contributed by atoms with E-state index in [1.54, 1.807) is 34.6 Å². The SMILES string of the molecule is C=C(C)[C@@H](Cc1ccccc1)[C@H](C)OC(=O)[C@H](C)CC(=O)OC(C)(C)C.CC(C)[C@@H](Cc1ccccc1)[C@H](C)OC(=O)[C@H](C)CC(=O)OC(C)(C)C. The van der Waals surface area contributed by atoms with E-state index in [-0.39, 0.29) is 54.8 Å². The summed E-state index contributed by atoms with van der Waals surface area (Å²) in [6.45, 7) is 28.3. The highest BCUT2D eigenvalue weighted by molar-refractivity contribution is 5.80. The second-order valence-corrected chi connectivity index (χ2v) is 16.4. The zero-order chi connectivity index (χ0) is 39.8. The fraction of sp³-hybridized carbons (Fsp3) is 0.591. The highest BCUT2D eigenvalue weighted by atomic mass is 16.6. The Bertz CT molecular complexity index is 1400. The van der Waals surface area contributed by atoms with Gasteiger partial charge in [-0.15, -0.1) is 0 Å². The Hall–Kier alpha value is -3.94. The lowest BCUT2D eigenvalue weighted by Gasteiger charge is -2.28. The first-order chi connectivity index (χ1) is 24.0. The maximum absolute atomic E-state index is 12.4. The summed E-state index contributed by atoms with van der Waals surface area (Å²) < 4.78 is 21.9. The van der Waals surface area contributed by atoms with Crippen molar-refractivity contribution in [3.05, 3.63) is 83.9 Å². The summed E-state index contributed by atoms with van der Waals surface area (Å²) in [5.41, 5.74) is 2.26. The molecule has 6 atom stereocenters. The third-order valence-corrected chi connectivity index (χ3v) is 8.47. The highest BCUT2D eigenvalue weighted by Crippen LogP contribution is 2.25. The zero-order valence-corrected chi connectivity index (χ0v) is 34.1. The quantitative estimate of drug-likeness (QED) is 0.0959. The molecule has 0 heterocycles. The molecule has 0 radical (unpaired) electrons. The van der Waals surface area contributed by atoms with Gasteiger partial charge in [-0.25, -0.2) is 0 Å². The molecule has 8 nitrogen and oxygen atoms in total. The van der Waals surface area contributed by atoms with Gasteiger partial charge in [0.05, 0.1) is 24.7 Å². The highest BCUT2D eigenvalue weighted by Gasteiger charge is 2.29. The largest absolute Gasteiger partial charge is 0.462 e. The molecule has 2 aromatic carbocycles. The van der Waals surface area contributed by atoms with Crippen molar-refractivity contribution in [2.45, 2.75) is 139 Å². The van der Waals surface area contributed by atoms with Crippen LogP contribution in [0.4, 0.5) is 0 Å². The molecule has 0 N–H and O–H groups in total. The molecule has 0 saturated carbocycles. The molecule has 0 aliphatic carbocycles. The van der Waals surface area contributed by atoms with Crippen LogP contribution in [0.15, 0.2) is 72.8 Å². The first kappa shape index (κ1) is 46.1. The predicted octanol–water partition coefficient (Wildman–Crippen LogP) is 9.52. The number of carbonyl (C=O) groups is 4. The molecule has 2 rings (SSSR count). The fourth-order valence-corrected chi connectivity index (χ4v) is 5.64. The molecule has 0 saturated heterocycles. The lowest BCUT2D eigenvalue weighted by atomic mass is 9.85. The molecule has 0 aliphatic rings. The molecule has 8 heteroatoms. The normalized spacial score (nSPS) is 15.0. The van der Waals surface area contributed by atoms with Crippen molar-refractivity contribution in [3.63, 3.8) is 0 Å². The van der Waals surface area contributed by atoms with Gasteiger partial charge in [-0.3, -0.25) is 19.2 Å². The average molecular weight is 723 g/mol. The summed E-state index contributed by atoms with van der Waals surface area (Å²) in [5, 5.41) is 0. The van der Waals surface area contributed by atoms with E-state index in [0.29, 0.717) is 5.92 Å². The van der Waals surface area contributed by atoms with Gasteiger partial charge in [0.1, 0.15) is 23.4 Å². The van der Waals surface area contributed by atoms with E-state index in [9.17, 15) is 19.2 Å². The topological polar surface area (TPSA) is 105 Å². The molecule has 0 aliphatic heterocycles. The summed E-state index contributed by atoms with van der Waals surface area (Å²) in [4.78, 5) is 48.6. The first-order valence-electron chi connectivity index (χ1n) is 18.6. The van der Waals surface area contributed by atoms with Crippen LogP contribution in [0.5, 0.6) is 0 Å². The number of benzene rings is 2. The molecule has 0 fully saturated rings. The van der Waals surface area contributed by atoms with Crippen molar-refractivity contribution in [3.8, 4) is 0 Å². The summed E-state index contributed by atoms with van der Waals surface area (Å²) in [6, 6.07) is 20.3. The first-order valence-corrected chi connectivity index (χ1v) is 18.6. The fourth-order valence-electron chi connectivity index (χ4n) is 5.64. The third kappa shape index (κ3) is 19.1. The van der Waals surface area contributed by atoms with Gasteiger partial charge in [-0.05, 0) is 92.2 Å². The molecular weight excluding hydrogens is 656 g/mol. The van der Waals surface area contributed by atoms with Gasteiger partial charge in [-0.1, -0.05) is 101 Å². The minimum Gasteiger partial charge on any atom is -0.462 e. The molecule has 290 valence electrons. The smallest absolute Gasteiger partial charge is 0.309 e. The number of hydrogen-bond donors (Lipinski definition) is 0. The van der Waals surface area contributed by atoms with Gasteiger partial charge < -0.3 is 18.9 Å². The monoisotopic (exact) mass is 722 g/mol. The van der Waals surface area contributed by atoms with Gasteiger partial charge in [0.15, 0.2) is 0 Å². The maximum Gasteiger partial charge on any atom is 0.309 e. The molecule has 0 bridgehead atoms. The van der Waals surface area contributed by atoms with Gasteiger partial charge in [0.25, 0.3) is 0 Å². The van der Waals surface area contributed by atoms with Gasteiger partial charge in [-0.2, -0.15) is 0 Å². The number of hydrogen-bond acceptors (Lipinski definition) is 8. The summed E-state index contributed by atoms with van der Waals surface area (Å²) >= 11 is 0. The van der Waals surface area contributed by atoms with Crippen LogP contribution < -0.4 is 0 Å². The molecule has 52 heavy (non-hydrogen) atoms. The van der Waals surface area contributed by atoms with Crippen LogP contribution in [-0.2, 0) is 51.0 Å². The molecule has 0 spiro atoms. The molecule has 0 unspecified atom stereocenters. The van der Waals surface area contributed by atoms with Gasteiger partial charge in [0, 0.05) is 11.8 Å². The van der Waals surface area contributed by atoms with Crippen molar-refractivity contribution in [1.29, 1.82) is 0 Å². The number of carbonyl (C=O) groups excluding carboxylic acids is 4. The van der Waals surface area contributed by atoms with E-state index in [2.05, 4.69) is 44.7 Å². The Morgan fingerprint density at radius 3 is 1.31 bits per heavy atom. The van der Waals surface area contributed by atoms with E-state index in [4.69, 9.17) is 18.9 Å². The van der Waals surface area contributed by atoms with E-state index in [1.165, 1.54) is 11.1 Å². The van der Waals surface area contributed by atoms with E-state index in [1.807, 2.05) is 77.9 Å². The molecular formula is C44H66O8. The van der Waals surface area contributed by atoms with Crippen LogP contribution in [0.25, 0.3) is 0 Å². The second kappa shape index (κ2) is 21.6. The lowest BCUT2D eigenvalue weighted by molar-refractivity contribution is -0.164. The van der Waals surface area contributed by atoms with Crippen LogP contribution in [0.3, 0.4) is 0 Å². The van der Waals surface area contributed by atoms with Crippen LogP contribution in [0.2, 0.25) is 0 Å². The lowest BCUT2D eigenvalue weighted by Crippen LogP contribution is -2.32. The van der Waals surface area contributed by atoms with Crippen LogP contribution >= 0.6 is 0 Å². The average Bonchev–Trinajstić information content (AvgIpc) is 3.01. The van der Waals surface area contributed by atoms with Crippen LogP contribution in [0.1, 0.15) is 114 Å². The predicted molar refractivity (Wildman–Crippen MR) is 207 cm³/mol. The van der Waals surface area contributed by atoms with Crippen LogP contribution in [0, 0.1) is 29.6 Å². The Morgan fingerprint density at radius 1 is 0.596 bits per heavy atom. The number of ether oxygens (including phenoxy) is 4. The van der Waals surface area contributed by atoms with Crippen molar-refractivity contribution in [1.82, 2.24) is 0 Å². The van der Waals surface area contributed by atoms with E-state index in [0.717, 1.165) is 18.4 Å². The van der Waals surface area contributed by atoms with Crippen LogP contribution in [-0.4, -0.2) is 47.3 Å². The zero-order valence-electron chi connectivity index (χ0n) is 34.1. The van der Waals surface area contributed by atoms with Crippen molar-refractivity contribution >= 4 is 23.9 Å². The van der Waals surface area contributed by atoms with E-state index < -0.39 is 29.0 Å². The minimum atomic E-state index is -0.561. The van der Waals surface area contributed by atoms with Crippen molar-refractivity contribution in [2.24, 2.45) is 29.6 Å². The Kier molecular flexibility index (Phi) is 19.1. The second-order valence-electron chi connectivity index (χ2n) is 16.4. The van der Waals surface area contributed by atoms with Gasteiger partial charge in [0.2, 0.25) is 0 Å². The molecule has 0 amide bonds. The summed E-state index contributed by atoms with van der Waals surface area (Å²) in [7, 11) is 0. The maximum atomic E-state index is 12.4. The van der Waals surface area contributed by atoms with E-state index >= 15 is 0 Å². The Labute approximate surface area is 314 Å². The summed E-state index contributed by atoms with van der Waals surface area (Å²) in [5.74, 6) is -1.95. The minimum absolute atomic E-state index is 0.0131. The third-order valence-electron chi connectivity index (χ3n) is 8.47. The standard InChI is InChI=1S/C22H34O4.C22H32O4/c2*1-15(2)19(14-18-11-9-8-10-12-18)17(4)25-21(24)16(3)13-20(23)26-22(5,6)7/h8-12,15-17,19H,13-14H2,1-7H3;8-12,16-17,19H,1,13-14H2,2-7H3/t2*16-,17+,19-/m11/s1. The summed E-state index contributed by atoms with van der Waals surface area (Å²) in [6.07, 6.45) is 1.12. The van der Waals surface area contributed by atoms with Gasteiger partial charge >= 0.3 is 23.9 Å². The number of esters is 4. The Balaban J connectivity index is 0.000000520.